The lowest BCUT2D eigenvalue weighted by atomic mass is 10.1. The number of benzene rings is 1. The highest BCUT2D eigenvalue weighted by Gasteiger charge is 2.25. The maximum Gasteiger partial charge on any atom is 0.243 e. The molecule has 4 nitrogen and oxygen atoms in total. The van der Waals surface area contributed by atoms with Gasteiger partial charge in [0.2, 0.25) is 10.0 Å². The fourth-order valence-electron chi connectivity index (χ4n) is 2.35. The van der Waals surface area contributed by atoms with Gasteiger partial charge in [0.05, 0.1) is 16.5 Å². The monoisotopic (exact) mass is 278 g/mol. The van der Waals surface area contributed by atoms with Gasteiger partial charge < -0.3 is 0 Å². The van der Waals surface area contributed by atoms with Gasteiger partial charge >= 0.3 is 0 Å². The maximum absolute atomic E-state index is 12.5. The third-order valence-electron chi connectivity index (χ3n) is 3.52. The summed E-state index contributed by atoms with van der Waals surface area (Å²) in [7, 11) is -3.41. The van der Waals surface area contributed by atoms with Crippen LogP contribution in [0.2, 0.25) is 0 Å². The summed E-state index contributed by atoms with van der Waals surface area (Å²) in [5.41, 5.74) is 1.23. The van der Waals surface area contributed by atoms with Crippen LogP contribution in [0.1, 0.15) is 36.8 Å². The number of sulfonamides is 1. The molecular formula is C14H18N2O2S. The molecule has 1 aliphatic rings. The minimum absolute atomic E-state index is 0.297. The zero-order chi connectivity index (χ0) is 13.9. The Bertz CT molecular complexity index is 594. The molecule has 5 heteroatoms. The normalized spacial score (nSPS) is 17.7. The molecular weight excluding hydrogens is 260 g/mol. The number of hydrogen-bond donors (Lipinski definition) is 0. The highest BCUT2D eigenvalue weighted by Crippen LogP contribution is 2.22. The van der Waals surface area contributed by atoms with E-state index < -0.39 is 10.0 Å². The molecule has 0 aromatic heterocycles. The molecule has 1 heterocycles. The molecule has 0 radical (unpaired) electrons. The van der Waals surface area contributed by atoms with Crippen molar-refractivity contribution in [3.63, 3.8) is 0 Å². The first kappa shape index (κ1) is 14.0. The SMILES string of the molecule is Cc1cc(S(=O)(=O)N2CCCCCC2)ccc1C#N. The summed E-state index contributed by atoms with van der Waals surface area (Å²) in [6.07, 6.45) is 4.04. The van der Waals surface area contributed by atoms with Crippen molar-refractivity contribution in [2.24, 2.45) is 0 Å². The van der Waals surface area contributed by atoms with Gasteiger partial charge in [-0.25, -0.2) is 8.42 Å². The summed E-state index contributed by atoms with van der Waals surface area (Å²) < 4.78 is 26.6. The Morgan fingerprint density at radius 3 is 2.32 bits per heavy atom. The van der Waals surface area contributed by atoms with Crippen molar-refractivity contribution >= 4 is 10.0 Å². The number of aryl methyl sites for hydroxylation is 1. The second-order valence-electron chi connectivity index (χ2n) is 4.91. The van der Waals surface area contributed by atoms with E-state index in [1.165, 1.54) is 6.07 Å². The molecule has 19 heavy (non-hydrogen) atoms. The van der Waals surface area contributed by atoms with E-state index in [1.54, 1.807) is 23.4 Å². The molecule has 1 aromatic carbocycles. The standard InChI is InChI=1S/C14H18N2O2S/c1-12-10-14(7-6-13(12)11-15)19(17,18)16-8-4-2-3-5-9-16/h6-7,10H,2-5,8-9H2,1H3. The Balaban J connectivity index is 2.33. The van der Waals surface area contributed by atoms with Gasteiger partial charge in [0.15, 0.2) is 0 Å². The largest absolute Gasteiger partial charge is 0.243 e. The van der Waals surface area contributed by atoms with E-state index in [1.807, 2.05) is 0 Å². The molecule has 102 valence electrons. The second kappa shape index (κ2) is 5.72. The van der Waals surface area contributed by atoms with Crippen LogP contribution in [0.25, 0.3) is 0 Å². The Morgan fingerprint density at radius 2 is 1.79 bits per heavy atom. The molecule has 1 saturated heterocycles. The minimum atomic E-state index is -3.41. The third-order valence-corrected chi connectivity index (χ3v) is 5.42. The van der Waals surface area contributed by atoms with Crippen molar-refractivity contribution in [3.8, 4) is 6.07 Å². The van der Waals surface area contributed by atoms with E-state index in [2.05, 4.69) is 6.07 Å². The maximum atomic E-state index is 12.5. The summed E-state index contributed by atoms with van der Waals surface area (Å²) in [6.45, 7) is 2.96. The number of rotatable bonds is 2. The van der Waals surface area contributed by atoms with E-state index >= 15 is 0 Å². The second-order valence-corrected chi connectivity index (χ2v) is 6.84. The van der Waals surface area contributed by atoms with Crippen LogP contribution in [0.5, 0.6) is 0 Å². The lowest BCUT2D eigenvalue weighted by molar-refractivity contribution is 0.423. The van der Waals surface area contributed by atoms with E-state index in [0.29, 0.717) is 29.1 Å². The first-order valence-corrected chi connectivity index (χ1v) is 8.00. The van der Waals surface area contributed by atoms with Crippen LogP contribution in [0.4, 0.5) is 0 Å². The minimum Gasteiger partial charge on any atom is -0.207 e. The van der Waals surface area contributed by atoms with Crippen LogP contribution >= 0.6 is 0 Å². The van der Waals surface area contributed by atoms with Crippen molar-refractivity contribution in [1.29, 1.82) is 5.26 Å². The van der Waals surface area contributed by atoms with Crippen molar-refractivity contribution in [2.75, 3.05) is 13.1 Å². The zero-order valence-corrected chi connectivity index (χ0v) is 11.9. The first-order chi connectivity index (χ1) is 9.05. The highest BCUT2D eigenvalue weighted by molar-refractivity contribution is 7.89. The summed E-state index contributed by atoms with van der Waals surface area (Å²) in [5, 5.41) is 8.89. The van der Waals surface area contributed by atoms with E-state index in [-0.39, 0.29) is 0 Å². The van der Waals surface area contributed by atoms with E-state index in [4.69, 9.17) is 5.26 Å². The molecule has 1 fully saturated rings. The quantitative estimate of drug-likeness (QED) is 0.834. The molecule has 1 aliphatic heterocycles. The van der Waals surface area contributed by atoms with Crippen molar-refractivity contribution < 1.29 is 8.42 Å². The highest BCUT2D eigenvalue weighted by atomic mass is 32.2. The van der Waals surface area contributed by atoms with Crippen molar-refractivity contribution in [2.45, 2.75) is 37.5 Å². The Hall–Kier alpha value is -1.38. The third kappa shape index (κ3) is 2.96. The number of nitriles is 1. The average Bonchev–Trinajstić information content (AvgIpc) is 2.67. The number of hydrogen-bond acceptors (Lipinski definition) is 3. The molecule has 0 bridgehead atoms. The van der Waals surface area contributed by atoms with Gasteiger partial charge in [0.1, 0.15) is 0 Å². The number of nitrogens with zero attached hydrogens (tertiary/aromatic N) is 2. The van der Waals surface area contributed by atoms with Gasteiger partial charge in [-0.15, -0.1) is 0 Å². The Labute approximate surface area is 114 Å². The van der Waals surface area contributed by atoms with Crippen molar-refractivity contribution in [1.82, 2.24) is 4.31 Å². The molecule has 1 aromatic rings. The van der Waals surface area contributed by atoms with Gasteiger partial charge in [0.25, 0.3) is 0 Å². The predicted octanol–water partition coefficient (Wildman–Crippen LogP) is 2.43. The van der Waals surface area contributed by atoms with Gasteiger partial charge in [-0.05, 0) is 43.5 Å². The molecule has 0 aliphatic carbocycles. The lowest BCUT2D eigenvalue weighted by Crippen LogP contribution is -2.32. The first-order valence-electron chi connectivity index (χ1n) is 6.56. The molecule has 2 rings (SSSR count). The smallest absolute Gasteiger partial charge is 0.207 e. The van der Waals surface area contributed by atoms with Gasteiger partial charge in [-0.2, -0.15) is 9.57 Å². The summed E-state index contributed by atoms with van der Waals surface area (Å²) in [5.74, 6) is 0. The molecule has 0 saturated carbocycles. The Kier molecular flexibility index (Phi) is 4.23. The molecule has 0 N–H and O–H groups in total. The van der Waals surface area contributed by atoms with Crippen LogP contribution in [0.15, 0.2) is 23.1 Å². The summed E-state index contributed by atoms with van der Waals surface area (Å²) in [4.78, 5) is 0.297. The topological polar surface area (TPSA) is 61.2 Å². The molecule has 0 atom stereocenters. The molecule has 0 amide bonds. The molecule has 0 unspecified atom stereocenters. The van der Waals surface area contributed by atoms with Gasteiger partial charge in [-0.1, -0.05) is 12.8 Å². The Morgan fingerprint density at radius 1 is 1.16 bits per heavy atom. The van der Waals surface area contributed by atoms with Crippen molar-refractivity contribution in [3.05, 3.63) is 29.3 Å². The van der Waals surface area contributed by atoms with E-state index in [9.17, 15) is 8.42 Å². The van der Waals surface area contributed by atoms with Gasteiger partial charge in [0, 0.05) is 13.1 Å². The van der Waals surface area contributed by atoms with Gasteiger partial charge in [-0.3, -0.25) is 0 Å². The van der Waals surface area contributed by atoms with Crippen LogP contribution in [0.3, 0.4) is 0 Å². The zero-order valence-electron chi connectivity index (χ0n) is 11.1. The molecule has 0 spiro atoms. The predicted molar refractivity (Wildman–Crippen MR) is 73.1 cm³/mol. The summed E-state index contributed by atoms with van der Waals surface area (Å²) >= 11 is 0. The van der Waals surface area contributed by atoms with Crippen LogP contribution in [-0.4, -0.2) is 25.8 Å². The van der Waals surface area contributed by atoms with Crippen LogP contribution in [0, 0.1) is 18.3 Å². The lowest BCUT2D eigenvalue weighted by Gasteiger charge is -2.20. The fourth-order valence-corrected chi connectivity index (χ4v) is 3.96. The van der Waals surface area contributed by atoms with E-state index in [0.717, 1.165) is 25.7 Å². The summed E-state index contributed by atoms with van der Waals surface area (Å²) in [6, 6.07) is 6.77. The fraction of sp³-hybridized carbons (Fsp3) is 0.500. The average molecular weight is 278 g/mol. The van der Waals surface area contributed by atoms with Crippen LogP contribution in [-0.2, 0) is 10.0 Å². The van der Waals surface area contributed by atoms with Crippen LogP contribution < -0.4 is 0 Å².